The first-order valence-electron chi connectivity index (χ1n) is 8.36. The van der Waals surface area contributed by atoms with Crippen molar-refractivity contribution in [2.75, 3.05) is 5.32 Å². The Balaban J connectivity index is 1.65. The highest BCUT2D eigenvalue weighted by molar-refractivity contribution is 6.02. The van der Waals surface area contributed by atoms with E-state index in [4.69, 9.17) is 5.73 Å². The van der Waals surface area contributed by atoms with Crippen LogP contribution in [0.5, 0.6) is 0 Å². The molecule has 0 spiro atoms. The second kappa shape index (κ2) is 9.15. The lowest BCUT2D eigenvalue weighted by molar-refractivity contribution is -0.159. The quantitative estimate of drug-likeness (QED) is 0.644. The summed E-state index contributed by atoms with van der Waals surface area (Å²) in [4.78, 5) is 26.5. The lowest BCUT2D eigenvalue weighted by Gasteiger charge is -2.08. The molecule has 0 bridgehead atoms. The van der Waals surface area contributed by atoms with Crippen LogP contribution in [0.4, 0.5) is 18.9 Å². The minimum atomic E-state index is -4.63. The number of carbonyl (C=O) groups is 2. The number of hydrogen-bond acceptors (Lipinski definition) is 5. The van der Waals surface area contributed by atoms with Crippen molar-refractivity contribution in [1.29, 1.82) is 0 Å². The summed E-state index contributed by atoms with van der Waals surface area (Å²) in [5, 5.41) is 5.94. The average molecular weight is 384 g/mol. The molecular weight excluding hydrogens is 365 g/mol. The van der Waals surface area contributed by atoms with E-state index in [2.05, 4.69) is 20.0 Å². The van der Waals surface area contributed by atoms with Crippen LogP contribution in [0.1, 0.15) is 54.2 Å². The molecule has 1 heterocycles. The van der Waals surface area contributed by atoms with E-state index in [1.165, 1.54) is 6.07 Å². The second-order valence-electron chi connectivity index (χ2n) is 5.89. The van der Waals surface area contributed by atoms with Gasteiger partial charge in [-0.1, -0.05) is 30.1 Å². The first-order valence-corrected chi connectivity index (χ1v) is 8.36. The SMILES string of the molecule is NC(=O)c1ccccc1NC(=O)CCCCCCc1noc(C(F)(F)F)n1. The van der Waals surface area contributed by atoms with Crippen LogP contribution in [0.15, 0.2) is 28.8 Å². The predicted molar refractivity (Wildman–Crippen MR) is 89.7 cm³/mol. The number of aryl methyl sites for hydroxylation is 1. The number of halogens is 3. The highest BCUT2D eigenvalue weighted by Gasteiger charge is 2.38. The van der Waals surface area contributed by atoms with Crippen molar-refractivity contribution in [2.24, 2.45) is 5.73 Å². The fourth-order valence-corrected chi connectivity index (χ4v) is 2.41. The Morgan fingerprint density at radius 1 is 1.11 bits per heavy atom. The number of benzene rings is 1. The number of nitrogens with zero attached hydrogens (tertiary/aromatic N) is 2. The van der Waals surface area contributed by atoms with Crippen LogP contribution in [-0.4, -0.2) is 22.0 Å². The number of nitrogens with one attached hydrogen (secondary N) is 1. The van der Waals surface area contributed by atoms with Crippen molar-refractivity contribution in [2.45, 2.75) is 44.7 Å². The zero-order valence-corrected chi connectivity index (χ0v) is 14.4. The molecular formula is C17H19F3N4O3. The molecule has 0 saturated heterocycles. The van der Waals surface area contributed by atoms with Crippen LogP contribution in [0.25, 0.3) is 0 Å². The van der Waals surface area contributed by atoms with Gasteiger partial charge in [-0.3, -0.25) is 9.59 Å². The standard InChI is InChI=1S/C17H19F3N4O3/c18-17(19,20)16-23-13(24-27-16)9-3-1-2-4-10-14(25)22-12-8-6-5-7-11(12)15(21)26/h5-8H,1-4,9-10H2,(H2,21,26)(H,22,25). The summed E-state index contributed by atoms with van der Waals surface area (Å²) < 4.78 is 41.1. The Morgan fingerprint density at radius 2 is 1.81 bits per heavy atom. The fourth-order valence-electron chi connectivity index (χ4n) is 2.41. The van der Waals surface area contributed by atoms with Gasteiger partial charge in [0.15, 0.2) is 5.82 Å². The summed E-state index contributed by atoms with van der Waals surface area (Å²) in [7, 11) is 0. The molecule has 0 atom stereocenters. The van der Waals surface area contributed by atoms with Gasteiger partial charge in [0, 0.05) is 12.8 Å². The molecule has 0 unspecified atom stereocenters. The molecule has 10 heteroatoms. The molecule has 0 radical (unpaired) electrons. The van der Waals surface area contributed by atoms with Crippen LogP contribution >= 0.6 is 0 Å². The van der Waals surface area contributed by atoms with E-state index in [0.29, 0.717) is 24.9 Å². The summed E-state index contributed by atoms with van der Waals surface area (Å²) in [6, 6.07) is 6.46. The molecule has 0 aliphatic rings. The fraction of sp³-hybridized carbons (Fsp3) is 0.412. The summed E-state index contributed by atoms with van der Waals surface area (Å²) in [6.45, 7) is 0. The Labute approximate surface area is 153 Å². The van der Waals surface area contributed by atoms with Gasteiger partial charge in [-0.25, -0.2) is 0 Å². The third kappa shape index (κ3) is 6.39. The monoisotopic (exact) mass is 384 g/mol. The second-order valence-corrected chi connectivity index (χ2v) is 5.89. The highest BCUT2D eigenvalue weighted by Crippen LogP contribution is 2.27. The number of para-hydroxylation sites is 1. The van der Waals surface area contributed by atoms with Gasteiger partial charge in [0.1, 0.15) is 0 Å². The molecule has 146 valence electrons. The van der Waals surface area contributed by atoms with Gasteiger partial charge in [-0.15, -0.1) is 0 Å². The van der Waals surface area contributed by atoms with Gasteiger partial charge in [-0.05, 0) is 25.0 Å². The Hall–Kier alpha value is -2.91. The van der Waals surface area contributed by atoms with Crippen LogP contribution in [0.2, 0.25) is 0 Å². The molecule has 2 rings (SSSR count). The van der Waals surface area contributed by atoms with E-state index in [1.54, 1.807) is 18.2 Å². The average Bonchev–Trinajstić information content (AvgIpc) is 3.07. The van der Waals surface area contributed by atoms with E-state index in [9.17, 15) is 22.8 Å². The molecule has 0 saturated carbocycles. The van der Waals surface area contributed by atoms with Crippen molar-refractivity contribution in [3.05, 3.63) is 41.5 Å². The topological polar surface area (TPSA) is 111 Å². The minimum absolute atomic E-state index is 0.0168. The lowest BCUT2D eigenvalue weighted by atomic mass is 10.1. The smallest absolute Gasteiger partial charge is 0.366 e. The molecule has 0 aliphatic carbocycles. The molecule has 2 aromatic rings. The molecule has 1 aromatic heterocycles. The van der Waals surface area contributed by atoms with Crippen molar-refractivity contribution >= 4 is 17.5 Å². The van der Waals surface area contributed by atoms with Crippen molar-refractivity contribution in [1.82, 2.24) is 10.1 Å². The third-order valence-electron chi connectivity index (χ3n) is 3.73. The van der Waals surface area contributed by atoms with Gasteiger partial charge in [-0.2, -0.15) is 18.2 Å². The number of rotatable bonds is 9. The van der Waals surface area contributed by atoms with E-state index in [0.717, 1.165) is 6.42 Å². The molecule has 0 aliphatic heterocycles. The number of aromatic nitrogens is 2. The van der Waals surface area contributed by atoms with Crippen LogP contribution in [0, 0.1) is 0 Å². The first kappa shape index (κ1) is 20.4. The molecule has 1 aromatic carbocycles. The highest BCUT2D eigenvalue weighted by atomic mass is 19.4. The van der Waals surface area contributed by atoms with E-state index in [1.807, 2.05) is 0 Å². The zero-order chi connectivity index (χ0) is 19.9. The van der Waals surface area contributed by atoms with Gasteiger partial charge in [0.25, 0.3) is 5.91 Å². The van der Waals surface area contributed by atoms with Crippen molar-refractivity contribution in [3.63, 3.8) is 0 Å². The summed E-state index contributed by atoms with van der Waals surface area (Å²) >= 11 is 0. The minimum Gasteiger partial charge on any atom is -0.366 e. The summed E-state index contributed by atoms with van der Waals surface area (Å²) in [5.41, 5.74) is 5.86. The number of amides is 2. The maximum absolute atomic E-state index is 12.3. The van der Waals surface area contributed by atoms with E-state index >= 15 is 0 Å². The zero-order valence-electron chi connectivity index (χ0n) is 14.4. The maximum atomic E-state index is 12.3. The Bertz CT molecular complexity index is 790. The van der Waals surface area contributed by atoms with Crippen LogP contribution in [-0.2, 0) is 17.4 Å². The molecule has 7 nitrogen and oxygen atoms in total. The Morgan fingerprint density at radius 3 is 2.48 bits per heavy atom. The van der Waals surface area contributed by atoms with Crippen LogP contribution < -0.4 is 11.1 Å². The first-order chi connectivity index (χ1) is 12.8. The van der Waals surface area contributed by atoms with E-state index in [-0.39, 0.29) is 30.1 Å². The number of alkyl halides is 3. The van der Waals surface area contributed by atoms with Crippen molar-refractivity contribution < 1.29 is 27.3 Å². The summed E-state index contributed by atoms with van der Waals surface area (Å²) in [5.74, 6) is -2.19. The maximum Gasteiger partial charge on any atom is 0.471 e. The number of primary amides is 1. The van der Waals surface area contributed by atoms with Gasteiger partial charge in [0.05, 0.1) is 11.3 Å². The molecule has 0 fully saturated rings. The molecule has 3 N–H and O–H groups in total. The number of hydrogen-bond donors (Lipinski definition) is 2. The van der Waals surface area contributed by atoms with Crippen molar-refractivity contribution in [3.8, 4) is 0 Å². The molecule has 27 heavy (non-hydrogen) atoms. The number of unbranched alkanes of at least 4 members (excludes halogenated alkanes) is 3. The number of anilines is 1. The van der Waals surface area contributed by atoms with Crippen LogP contribution in [0.3, 0.4) is 0 Å². The third-order valence-corrected chi connectivity index (χ3v) is 3.73. The number of carbonyl (C=O) groups excluding carboxylic acids is 2. The molecule has 2 amide bonds. The lowest BCUT2D eigenvalue weighted by Crippen LogP contribution is -2.17. The van der Waals surface area contributed by atoms with Gasteiger partial charge in [0.2, 0.25) is 5.91 Å². The number of nitrogens with two attached hydrogens (primary N) is 1. The summed E-state index contributed by atoms with van der Waals surface area (Å²) in [6.07, 6.45) is -1.49. The van der Waals surface area contributed by atoms with Gasteiger partial charge < -0.3 is 15.6 Å². The Kier molecular flexibility index (Phi) is 6.91. The normalized spacial score (nSPS) is 11.4. The predicted octanol–water partition coefficient (Wildman–Crippen LogP) is 3.32. The largest absolute Gasteiger partial charge is 0.471 e. The van der Waals surface area contributed by atoms with E-state index < -0.39 is 18.0 Å². The van der Waals surface area contributed by atoms with Gasteiger partial charge >= 0.3 is 12.1 Å².